The Morgan fingerprint density at radius 1 is 1.50 bits per heavy atom. The standard InChI is InChI=1S/C14H19NO3/c1-10-8-11(4-5-12(10)16)13(17)15-14(2)6-3-7-18-9-14/h4-5,8,16H,3,6-7,9H2,1-2H3,(H,15,17). The molecule has 1 unspecified atom stereocenters. The first-order chi connectivity index (χ1) is 8.50. The van der Waals surface area contributed by atoms with Gasteiger partial charge in [-0.1, -0.05) is 0 Å². The third kappa shape index (κ3) is 2.82. The van der Waals surface area contributed by atoms with Gasteiger partial charge >= 0.3 is 0 Å². The van der Waals surface area contributed by atoms with Crippen LogP contribution in [0.15, 0.2) is 18.2 Å². The molecule has 1 aromatic rings. The molecular formula is C14H19NO3. The molecule has 4 nitrogen and oxygen atoms in total. The molecule has 1 aromatic carbocycles. The highest BCUT2D eigenvalue weighted by atomic mass is 16.5. The van der Waals surface area contributed by atoms with E-state index in [9.17, 15) is 9.90 Å². The third-order valence-corrected chi connectivity index (χ3v) is 3.31. The Kier molecular flexibility index (Phi) is 3.57. The zero-order valence-electron chi connectivity index (χ0n) is 10.8. The number of phenols is 1. The van der Waals surface area contributed by atoms with Crippen molar-refractivity contribution >= 4 is 5.91 Å². The van der Waals surface area contributed by atoms with Gasteiger partial charge in [0.15, 0.2) is 0 Å². The predicted octanol–water partition coefficient (Wildman–Crippen LogP) is 2.00. The van der Waals surface area contributed by atoms with E-state index in [-0.39, 0.29) is 17.2 Å². The van der Waals surface area contributed by atoms with Crippen molar-refractivity contribution in [1.29, 1.82) is 0 Å². The highest BCUT2D eigenvalue weighted by Gasteiger charge is 2.29. The molecular weight excluding hydrogens is 230 g/mol. The van der Waals surface area contributed by atoms with E-state index in [4.69, 9.17) is 4.74 Å². The van der Waals surface area contributed by atoms with Crippen LogP contribution in [0.25, 0.3) is 0 Å². The second-order valence-electron chi connectivity index (χ2n) is 5.17. The molecule has 1 aliphatic heterocycles. The van der Waals surface area contributed by atoms with E-state index in [1.54, 1.807) is 25.1 Å². The van der Waals surface area contributed by atoms with Crippen LogP contribution in [-0.4, -0.2) is 29.8 Å². The number of nitrogens with one attached hydrogen (secondary N) is 1. The van der Waals surface area contributed by atoms with Crippen LogP contribution in [0.5, 0.6) is 5.75 Å². The quantitative estimate of drug-likeness (QED) is 0.842. The Labute approximate surface area is 107 Å². The maximum atomic E-state index is 12.1. The molecule has 18 heavy (non-hydrogen) atoms. The molecule has 0 radical (unpaired) electrons. The van der Waals surface area contributed by atoms with Crippen molar-refractivity contribution in [1.82, 2.24) is 5.32 Å². The number of aromatic hydroxyl groups is 1. The summed E-state index contributed by atoms with van der Waals surface area (Å²) in [6.45, 7) is 5.09. The molecule has 0 saturated carbocycles. The number of rotatable bonds is 2. The van der Waals surface area contributed by atoms with Crippen molar-refractivity contribution in [2.75, 3.05) is 13.2 Å². The lowest BCUT2D eigenvalue weighted by atomic mass is 9.94. The van der Waals surface area contributed by atoms with Crippen LogP contribution in [-0.2, 0) is 4.74 Å². The fourth-order valence-electron chi connectivity index (χ4n) is 2.18. The predicted molar refractivity (Wildman–Crippen MR) is 68.8 cm³/mol. The number of hydrogen-bond donors (Lipinski definition) is 2. The van der Waals surface area contributed by atoms with Gasteiger partial charge in [-0.05, 0) is 50.5 Å². The number of carbonyl (C=O) groups excluding carboxylic acids is 1. The van der Waals surface area contributed by atoms with Crippen molar-refractivity contribution < 1.29 is 14.6 Å². The Hall–Kier alpha value is -1.55. The lowest BCUT2D eigenvalue weighted by Gasteiger charge is -2.34. The summed E-state index contributed by atoms with van der Waals surface area (Å²) in [6, 6.07) is 4.87. The summed E-state index contributed by atoms with van der Waals surface area (Å²) in [5.41, 5.74) is 0.978. The minimum atomic E-state index is -0.291. The second kappa shape index (κ2) is 4.98. The Bertz CT molecular complexity index is 450. The molecule has 2 rings (SSSR count). The van der Waals surface area contributed by atoms with Gasteiger partial charge < -0.3 is 15.2 Å². The summed E-state index contributed by atoms with van der Waals surface area (Å²) >= 11 is 0. The van der Waals surface area contributed by atoms with Gasteiger partial charge in [0.05, 0.1) is 12.1 Å². The number of ether oxygens (including phenoxy) is 1. The van der Waals surface area contributed by atoms with E-state index in [1.807, 2.05) is 6.92 Å². The molecule has 0 aliphatic carbocycles. The van der Waals surface area contributed by atoms with Gasteiger partial charge in [0.1, 0.15) is 5.75 Å². The number of phenolic OH excluding ortho intramolecular Hbond substituents is 1. The lowest BCUT2D eigenvalue weighted by molar-refractivity contribution is 0.0272. The van der Waals surface area contributed by atoms with Gasteiger partial charge in [-0.25, -0.2) is 0 Å². The SMILES string of the molecule is Cc1cc(C(=O)NC2(C)CCCOC2)ccc1O. The summed E-state index contributed by atoms with van der Waals surface area (Å²) in [7, 11) is 0. The van der Waals surface area contributed by atoms with Gasteiger partial charge in [-0.2, -0.15) is 0 Å². The van der Waals surface area contributed by atoms with Crippen molar-refractivity contribution in [3.05, 3.63) is 29.3 Å². The Morgan fingerprint density at radius 2 is 2.28 bits per heavy atom. The average Bonchev–Trinajstić information content (AvgIpc) is 2.33. The lowest BCUT2D eigenvalue weighted by Crippen LogP contribution is -2.51. The Morgan fingerprint density at radius 3 is 2.89 bits per heavy atom. The zero-order valence-corrected chi connectivity index (χ0v) is 10.8. The molecule has 1 saturated heterocycles. The number of carbonyl (C=O) groups is 1. The van der Waals surface area contributed by atoms with E-state index in [1.165, 1.54) is 0 Å². The monoisotopic (exact) mass is 249 g/mol. The first kappa shape index (κ1) is 12.9. The smallest absolute Gasteiger partial charge is 0.251 e. The maximum Gasteiger partial charge on any atom is 0.251 e. The van der Waals surface area contributed by atoms with E-state index in [0.717, 1.165) is 19.4 Å². The molecule has 2 N–H and O–H groups in total. The minimum absolute atomic E-state index is 0.119. The summed E-state index contributed by atoms with van der Waals surface area (Å²) in [6.07, 6.45) is 1.89. The van der Waals surface area contributed by atoms with Crippen LogP contribution in [0.2, 0.25) is 0 Å². The topological polar surface area (TPSA) is 58.6 Å². The van der Waals surface area contributed by atoms with Crippen LogP contribution in [0.4, 0.5) is 0 Å². The highest BCUT2D eigenvalue weighted by molar-refractivity contribution is 5.95. The minimum Gasteiger partial charge on any atom is -0.508 e. The van der Waals surface area contributed by atoms with Gasteiger partial charge in [0.2, 0.25) is 0 Å². The van der Waals surface area contributed by atoms with Crippen LogP contribution in [0.1, 0.15) is 35.7 Å². The largest absolute Gasteiger partial charge is 0.508 e. The molecule has 1 atom stereocenters. The van der Waals surface area contributed by atoms with E-state index in [2.05, 4.69) is 5.32 Å². The summed E-state index contributed by atoms with van der Waals surface area (Å²) in [5.74, 6) is 0.0878. The first-order valence-electron chi connectivity index (χ1n) is 6.20. The zero-order chi connectivity index (χ0) is 13.2. The van der Waals surface area contributed by atoms with E-state index in [0.29, 0.717) is 17.7 Å². The first-order valence-corrected chi connectivity index (χ1v) is 6.20. The number of aryl methyl sites for hydroxylation is 1. The third-order valence-electron chi connectivity index (χ3n) is 3.31. The molecule has 98 valence electrons. The molecule has 1 heterocycles. The van der Waals surface area contributed by atoms with Crippen molar-refractivity contribution in [2.24, 2.45) is 0 Å². The van der Waals surface area contributed by atoms with Crippen molar-refractivity contribution in [2.45, 2.75) is 32.2 Å². The highest BCUT2D eigenvalue weighted by Crippen LogP contribution is 2.21. The molecule has 1 amide bonds. The average molecular weight is 249 g/mol. The van der Waals surface area contributed by atoms with Crippen LogP contribution in [0.3, 0.4) is 0 Å². The molecule has 1 aliphatic rings. The number of amides is 1. The number of hydrogen-bond acceptors (Lipinski definition) is 3. The van der Waals surface area contributed by atoms with Gasteiger partial charge in [0.25, 0.3) is 5.91 Å². The normalized spacial score (nSPS) is 23.7. The summed E-state index contributed by atoms with van der Waals surface area (Å²) in [5, 5.41) is 12.5. The maximum absolute atomic E-state index is 12.1. The fourth-order valence-corrected chi connectivity index (χ4v) is 2.18. The van der Waals surface area contributed by atoms with E-state index < -0.39 is 0 Å². The van der Waals surface area contributed by atoms with Gasteiger partial charge in [-0.3, -0.25) is 4.79 Å². The molecule has 0 bridgehead atoms. The van der Waals surface area contributed by atoms with E-state index >= 15 is 0 Å². The fraction of sp³-hybridized carbons (Fsp3) is 0.500. The number of benzene rings is 1. The van der Waals surface area contributed by atoms with Crippen LogP contribution >= 0.6 is 0 Å². The van der Waals surface area contributed by atoms with Crippen LogP contribution in [0, 0.1) is 6.92 Å². The molecule has 0 aromatic heterocycles. The summed E-state index contributed by atoms with van der Waals surface area (Å²) < 4.78 is 5.41. The Balaban J connectivity index is 2.09. The van der Waals surface area contributed by atoms with Gasteiger partial charge in [0, 0.05) is 12.2 Å². The second-order valence-corrected chi connectivity index (χ2v) is 5.17. The van der Waals surface area contributed by atoms with Crippen molar-refractivity contribution in [3.8, 4) is 5.75 Å². The molecule has 0 spiro atoms. The molecule has 1 fully saturated rings. The van der Waals surface area contributed by atoms with Gasteiger partial charge in [-0.15, -0.1) is 0 Å². The molecule has 4 heteroatoms. The van der Waals surface area contributed by atoms with Crippen molar-refractivity contribution in [3.63, 3.8) is 0 Å². The summed E-state index contributed by atoms with van der Waals surface area (Å²) in [4.78, 5) is 12.1. The van der Waals surface area contributed by atoms with Crippen LogP contribution < -0.4 is 5.32 Å².